The van der Waals surface area contributed by atoms with E-state index in [4.69, 9.17) is 0 Å². The third-order valence-corrected chi connectivity index (χ3v) is 1.55. The van der Waals surface area contributed by atoms with Crippen molar-refractivity contribution >= 4 is 5.97 Å². The van der Waals surface area contributed by atoms with Crippen molar-refractivity contribution in [2.45, 2.75) is 11.7 Å². The summed E-state index contributed by atoms with van der Waals surface area (Å²) in [7, 11) is 0.926. The fraction of sp³-hybridized carbons (Fsp3) is 0.800. The smallest absolute Gasteiger partial charge is 0.418 e. The number of nitrogens with one attached hydrogen (secondary N) is 1. The second-order valence-corrected chi connectivity index (χ2v) is 2.25. The number of carbonyl (C=O) groups excluding carboxylic acids is 1. The summed E-state index contributed by atoms with van der Waals surface area (Å²) in [4.78, 5) is 10.5. The molecular formula is C5H6F3NO2. The van der Waals surface area contributed by atoms with Crippen molar-refractivity contribution < 1.29 is 22.7 Å². The van der Waals surface area contributed by atoms with Crippen molar-refractivity contribution in [3.05, 3.63) is 0 Å². The van der Waals surface area contributed by atoms with E-state index in [9.17, 15) is 18.0 Å². The molecule has 3 nitrogen and oxygen atoms in total. The second kappa shape index (κ2) is 2.10. The van der Waals surface area contributed by atoms with Crippen LogP contribution in [0.25, 0.3) is 0 Å². The Labute approximate surface area is 60.5 Å². The lowest BCUT2D eigenvalue weighted by Crippen LogP contribution is -2.44. The van der Waals surface area contributed by atoms with Gasteiger partial charge in [0.25, 0.3) is 0 Å². The molecule has 0 aliphatic carbocycles. The van der Waals surface area contributed by atoms with E-state index >= 15 is 0 Å². The predicted octanol–water partition coefficient (Wildman–Crippen LogP) is 0.0637. The number of methoxy groups -OCH3 is 1. The maximum atomic E-state index is 12.0. The quantitative estimate of drug-likeness (QED) is 0.446. The Morgan fingerprint density at radius 2 is 2.09 bits per heavy atom. The third-order valence-electron chi connectivity index (χ3n) is 1.55. The fourth-order valence-corrected chi connectivity index (χ4v) is 0.723. The molecule has 6 heteroatoms. The Morgan fingerprint density at radius 3 is 2.18 bits per heavy atom. The van der Waals surface area contributed by atoms with E-state index in [0.717, 1.165) is 7.11 Å². The van der Waals surface area contributed by atoms with Crippen LogP contribution in [0.3, 0.4) is 0 Å². The lowest BCUT2D eigenvalue weighted by Gasteiger charge is -2.14. The van der Waals surface area contributed by atoms with Gasteiger partial charge in [0.1, 0.15) is 0 Å². The van der Waals surface area contributed by atoms with Gasteiger partial charge >= 0.3 is 12.1 Å². The first-order chi connectivity index (χ1) is 4.94. The first-order valence-electron chi connectivity index (χ1n) is 2.84. The summed E-state index contributed by atoms with van der Waals surface area (Å²) in [5.41, 5.74) is -2.41. The predicted molar refractivity (Wildman–Crippen MR) is 28.8 cm³/mol. The summed E-state index contributed by atoms with van der Waals surface area (Å²) in [5, 5.41) is 1.94. The average molecular weight is 169 g/mol. The molecule has 0 bridgehead atoms. The van der Waals surface area contributed by atoms with Crippen LogP contribution in [0.2, 0.25) is 0 Å². The Balaban J connectivity index is 2.76. The van der Waals surface area contributed by atoms with Gasteiger partial charge in [-0.25, -0.2) is 4.79 Å². The topological polar surface area (TPSA) is 48.2 Å². The van der Waals surface area contributed by atoms with Crippen LogP contribution in [0.5, 0.6) is 0 Å². The van der Waals surface area contributed by atoms with E-state index in [1.807, 2.05) is 5.32 Å². The van der Waals surface area contributed by atoms with Crippen molar-refractivity contribution in [1.82, 2.24) is 5.32 Å². The maximum absolute atomic E-state index is 12.0. The van der Waals surface area contributed by atoms with Crippen LogP contribution in [-0.4, -0.2) is 31.3 Å². The minimum atomic E-state index is -4.56. The summed E-state index contributed by atoms with van der Waals surface area (Å²) < 4.78 is 39.9. The third kappa shape index (κ3) is 1.07. The molecule has 1 heterocycles. The monoisotopic (exact) mass is 169 g/mol. The normalized spacial score (nSPS) is 29.8. The SMILES string of the molecule is COC(=O)C1(C(F)(F)F)CN1. The molecule has 0 spiro atoms. The number of ether oxygens (including phenoxy) is 1. The highest BCUT2D eigenvalue weighted by Crippen LogP contribution is 2.38. The van der Waals surface area contributed by atoms with Gasteiger partial charge in [-0.3, -0.25) is 5.32 Å². The summed E-state index contributed by atoms with van der Waals surface area (Å²) >= 11 is 0. The van der Waals surface area contributed by atoms with Gasteiger partial charge in [-0.2, -0.15) is 13.2 Å². The molecule has 1 aliphatic heterocycles. The summed E-state index contributed by atoms with van der Waals surface area (Å²) in [6.45, 7) is -0.386. The van der Waals surface area contributed by atoms with Gasteiger partial charge in [0.15, 0.2) is 0 Å². The Bertz CT molecular complexity index is 185. The van der Waals surface area contributed by atoms with Crippen molar-refractivity contribution in [2.75, 3.05) is 13.7 Å². The van der Waals surface area contributed by atoms with Crippen LogP contribution in [0.1, 0.15) is 0 Å². The van der Waals surface area contributed by atoms with E-state index in [1.54, 1.807) is 0 Å². The van der Waals surface area contributed by atoms with Crippen molar-refractivity contribution in [3.8, 4) is 0 Å². The molecule has 1 fully saturated rings. The zero-order valence-corrected chi connectivity index (χ0v) is 5.66. The second-order valence-electron chi connectivity index (χ2n) is 2.25. The van der Waals surface area contributed by atoms with E-state index < -0.39 is 17.7 Å². The standard InChI is InChI=1S/C5H6F3NO2/c1-11-3(10)4(2-9-4)5(6,7)8/h9H,2H2,1H3. The van der Waals surface area contributed by atoms with Crippen molar-refractivity contribution in [3.63, 3.8) is 0 Å². The fourth-order valence-electron chi connectivity index (χ4n) is 0.723. The van der Waals surface area contributed by atoms with Crippen molar-refractivity contribution in [2.24, 2.45) is 0 Å². The first kappa shape index (κ1) is 8.32. The van der Waals surface area contributed by atoms with Gasteiger partial charge in [-0.15, -0.1) is 0 Å². The van der Waals surface area contributed by atoms with Gasteiger partial charge in [0, 0.05) is 6.54 Å². The van der Waals surface area contributed by atoms with Crippen LogP contribution in [0.4, 0.5) is 13.2 Å². The Kier molecular flexibility index (Phi) is 1.59. The zero-order valence-electron chi connectivity index (χ0n) is 5.66. The molecule has 0 aromatic carbocycles. The number of hydrogen-bond acceptors (Lipinski definition) is 3. The molecule has 11 heavy (non-hydrogen) atoms. The lowest BCUT2D eigenvalue weighted by molar-refractivity contribution is -0.185. The molecule has 0 amide bonds. The molecule has 1 aliphatic rings. The molecule has 1 atom stereocenters. The van der Waals surface area contributed by atoms with E-state index in [0.29, 0.717) is 0 Å². The number of alkyl halides is 3. The molecule has 1 unspecified atom stereocenters. The molecule has 1 rings (SSSR count). The van der Waals surface area contributed by atoms with Crippen LogP contribution in [0.15, 0.2) is 0 Å². The maximum Gasteiger partial charge on any atom is 0.418 e. The summed E-state index contributed by atoms with van der Waals surface area (Å²) in [6, 6.07) is 0. The van der Waals surface area contributed by atoms with Crippen LogP contribution < -0.4 is 5.32 Å². The Hall–Kier alpha value is -0.780. The number of carbonyl (C=O) groups is 1. The number of halogens is 3. The molecule has 1 saturated heterocycles. The molecule has 64 valence electrons. The molecular weight excluding hydrogens is 163 g/mol. The van der Waals surface area contributed by atoms with Crippen LogP contribution in [0, 0.1) is 0 Å². The summed E-state index contributed by atoms with van der Waals surface area (Å²) in [6.07, 6.45) is -4.56. The highest BCUT2D eigenvalue weighted by Gasteiger charge is 2.70. The van der Waals surface area contributed by atoms with Gasteiger partial charge in [-0.05, 0) is 0 Å². The first-order valence-corrected chi connectivity index (χ1v) is 2.84. The van der Waals surface area contributed by atoms with Crippen molar-refractivity contribution in [1.29, 1.82) is 0 Å². The number of rotatable bonds is 1. The minimum absolute atomic E-state index is 0.386. The molecule has 0 aromatic heterocycles. The van der Waals surface area contributed by atoms with Gasteiger partial charge in [0.05, 0.1) is 7.11 Å². The molecule has 0 radical (unpaired) electrons. The lowest BCUT2D eigenvalue weighted by atomic mass is 10.1. The highest BCUT2D eigenvalue weighted by atomic mass is 19.4. The molecule has 0 saturated carbocycles. The largest absolute Gasteiger partial charge is 0.467 e. The molecule has 1 N–H and O–H groups in total. The van der Waals surface area contributed by atoms with Gasteiger partial charge in [-0.1, -0.05) is 0 Å². The number of esters is 1. The summed E-state index contributed by atoms with van der Waals surface area (Å²) in [5.74, 6) is -1.27. The minimum Gasteiger partial charge on any atom is -0.467 e. The zero-order chi connectivity index (χ0) is 8.70. The van der Waals surface area contributed by atoms with Crippen LogP contribution in [-0.2, 0) is 9.53 Å². The van der Waals surface area contributed by atoms with Crippen LogP contribution >= 0.6 is 0 Å². The highest BCUT2D eigenvalue weighted by molar-refractivity contribution is 5.85. The Morgan fingerprint density at radius 1 is 1.64 bits per heavy atom. The van der Waals surface area contributed by atoms with E-state index in [1.165, 1.54) is 0 Å². The molecule has 0 aromatic rings. The number of hydrogen-bond donors (Lipinski definition) is 1. The van der Waals surface area contributed by atoms with Gasteiger partial charge in [0.2, 0.25) is 5.54 Å². The van der Waals surface area contributed by atoms with E-state index in [2.05, 4.69) is 4.74 Å². The van der Waals surface area contributed by atoms with E-state index in [-0.39, 0.29) is 6.54 Å². The average Bonchev–Trinajstić information content (AvgIpc) is 2.63. The van der Waals surface area contributed by atoms with Gasteiger partial charge < -0.3 is 4.74 Å².